The van der Waals surface area contributed by atoms with Crippen LogP contribution in [0.15, 0.2) is 35.2 Å². The summed E-state index contributed by atoms with van der Waals surface area (Å²) in [6.45, 7) is 0. The number of hydrogen-bond donors (Lipinski definition) is 1. The lowest BCUT2D eigenvalue weighted by atomic mass is 10.2. The minimum atomic E-state index is -0.271. The van der Waals surface area contributed by atoms with Crippen LogP contribution in [0.3, 0.4) is 0 Å². The summed E-state index contributed by atoms with van der Waals surface area (Å²) < 4.78 is 10.4. The van der Waals surface area contributed by atoms with Crippen molar-refractivity contribution in [2.45, 2.75) is 12.5 Å². The molecule has 1 aliphatic rings. The van der Waals surface area contributed by atoms with Crippen molar-refractivity contribution in [2.75, 3.05) is 16.8 Å². The Labute approximate surface area is 119 Å². The number of carbonyl (C=O) groups excluding carboxylic acids is 1. The maximum atomic E-state index is 12.0. The summed E-state index contributed by atoms with van der Waals surface area (Å²) in [5.41, 5.74) is 0.476. The van der Waals surface area contributed by atoms with Crippen LogP contribution >= 0.6 is 11.8 Å². The largest absolute Gasteiger partial charge is 0.473 e. The fourth-order valence-electron chi connectivity index (χ4n) is 1.86. The van der Waals surface area contributed by atoms with Gasteiger partial charge in [0.2, 0.25) is 5.88 Å². The molecule has 0 unspecified atom stereocenters. The predicted molar refractivity (Wildman–Crippen MR) is 75.1 cm³/mol. The molecule has 0 radical (unpaired) electrons. The molecular weight excluding hydrogens is 278 g/mol. The van der Waals surface area contributed by atoms with Gasteiger partial charge in [-0.3, -0.25) is 4.79 Å². The Morgan fingerprint density at radius 1 is 1.50 bits per heavy atom. The lowest BCUT2D eigenvalue weighted by Gasteiger charge is -2.11. The van der Waals surface area contributed by atoms with E-state index >= 15 is 0 Å². The van der Waals surface area contributed by atoms with Gasteiger partial charge >= 0.3 is 0 Å². The second-order valence-electron chi connectivity index (χ2n) is 4.33. The third kappa shape index (κ3) is 3.11. The quantitative estimate of drug-likeness (QED) is 0.930. The maximum Gasteiger partial charge on any atom is 0.257 e. The molecule has 1 saturated heterocycles. The number of thioether (sulfide) groups is 1. The smallest absolute Gasteiger partial charge is 0.257 e. The summed E-state index contributed by atoms with van der Waals surface area (Å²) in [5, 5.41) is 6.26. The Bertz CT molecular complexity index is 582. The Morgan fingerprint density at radius 3 is 3.20 bits per heavy atom. The van der Waals surface area contributed by atoms with Gasteiger partial charge in [-0.05, 0) is 18.2 Å². The fraction of sp³-hybridized carbons (Fsp3) is 0.308. The molecule has 1 atom stereocenters. The fourth-order valence-corrected chi connectivity index (χ4v) is 2.95. The zero-order valence-electron chi connectivity index (χ0n) is 10.6. The molecule has 0 spiro atoms. The number of aromatic nitrogens is 2. The van der Waals surface area contributed by atoms with Crippen LogP contribution in [0.2, 0.25) is 0 Å². The van der Waals surface area contributed by atoms with Crippen molar-refractivity contribution >= 4 is 23.5 Å². The molecule has 1 N–H and O–H groups in total. The topological polar surface area (TPSA) is 77.3 Å². The van der Waals surface area contributed by atoms with Crippen molar-refractivity contribution in [3.05, 3.63) is 36.2 Å². The van der Waals surface area contributed by atoms with Gasteiger partial charge < -0.3 is 14.6 Å². The monoisotopic (exact) mass is 291 g/mol. The third-order valence-electron chi connectivity index (χ3n) is 2.85. The highest BCUT2D eigenvalue weighted by atomic mass is 32.2. The van der Waals surface area contributed by atoms with Crippen molar-refractivity contribution in [1.82, 2.24) is 10.1 Å². The highest BCUT2D eigenvalue weighted by Gasteiger charge is 2.18. The molecule has 0 saturated carbocycles. The highest BCUT2D eigenvalue weighted by Crippen LogP contribution is 2.22. The number of anilines is 1. The molecule has 20 heavy (non-hydrogen) atoms. The molecule has 3 heterocycles. The van der Waals surface area contributed by atoms with Gasteiger partial charge in [0, 0.05) is 29.6 Å². The van der Waals surface area contributed by atoms with Crippen molar-refractivity contribution in [1.29, 1.82) is 0 Å². The van der Waals surface area contributed by atoms with Gasteiger partial charge in [-0.1, -0.05) is 5.16 Å². The molecule has 6 nitrogen and oxygen atoms in total. The number of nitrogens with zero attached hydrogens (tertiary/aromatic N) is 2. The van der Waals surface area contributed by atoms with Gasteiger partial charge in [0.15, 0.2) is 5.82 Å². The molecule has 0 aromatic carbocycles. The average molecular weight is 291 g/mol. The molecule has 1 fully saturated rings. The van der Waals surface area contributed by atoms with E-state index in [-0.39, 0.29) is 12.0 Å². The average Bonchev–Trinajstić information content (AvgIpc) is 3.12. The Hall–Kier alpha value is -2.02. The van der Waals surface area contributed by atoms with Crippen LogP contribution < -0.4 is 10.1 Å². The van der Waals surface area contributed by atoms with Gasteiger partial charge in [-0.2, -0.15) is 11.8 Å². The van der Waals surface area contributed by atoms with E-state index in [4.69, 9.17) is 4.74 Å². The summed E-state index contributed by atoms with van der Waals surface area (Å²) in [5.74, 6) is 2.66. The molecule has 7 heteroatoms. The van der Waals surface area contributed by atoms with Gasteiger partial charge in [-0.25, -0.2) is 4.98 Å². The normalized spacial score (nSPS) is 17.9. The number of pyridine rings is 1. The summed E-state index contributed by atoms with van der Waals surface area (Å²) in [6, 6.07) is 4.84. The minimum Gasteiger partial charge on any atom is -0.473 e. The highest BCUT2D eigenvalue weighted by molar-refractivity contribution is 7.99. The van der Waals surface area contributed by atoms with E-state index < -0.39 is 0 Å². The van der Waals surface area contributed by atoms with Gasteiger partial charge in [-0.15, -0.1) is 0 Å². The molecule has 1 aliphatic heterocycles. The second kappa shape index (κ2) is 5.96. The number of nitrogens with one attached hydrogen (secondary N) is 1. The van der Waals surface area contributed by atoms with Crippen LogP contribution in [0.5, 0.6) is 5.88 Å². The van der Waals surface area contributed by atoms with Gasteiger partial charge in [0.1, 0.15) is 12.4 Å². The zero-order chi connectivity index (χ0) is 13.8. The minimum absolute atomic E-state index is 0.182. The summed E-state index contributed by atoms with van der Waals surface area (Å²) in [6.07, 6.45) is 4.16. The molecule has 0 bridgehead atoms. The molecule has 0 aliphatic carbocycles. The van der Waals surface area contributed by atoms with E-state index in [9.17, 15) is 4.79 Å². The van der Waals surface area contributed by atoms with Gasteiger partial charge in [0.25, 0.3) is 5.91 Å². The first-order valence-electron chi connectivity index (χ1n) is 6.23. The van der Waals surface area contributed by atoms with Crippen molar-refractivity contribution < 1.29 is 14.1 Å². The van der Waals surface area contributed by atoms with Crippen LogP contribution in [0.4, 0.5) is 5.82 Å². The molecule has 1 amide bonds. The SMILES string of the molecule is O=C(Nc1ccon1)c1ccnc(O[C@@H]2CCSC2)c1. The van der Waals surface area contributed by atoms with E-state index in [0.29, 0.717) is 17.3 Å². The van der Waals surface area contributed by atoms with Crippen LogP contribution in [-0.2, 0) is 0 Å². The van der Waals surface area contributed by atoms with Crippen LogP contribution in [0, 0.1) is 0 Å². The third-order valence-corrected chi connectivity index (χ3v) is 3.98. The summed E-state index contributed by atoms with van der Waals surface area (Å²) in [4.78, 5) is 16.2. The number of amides is 1. The molecule has 2 aromatic heterocycles. The van der Waals surface area contributed by atoms with E-state index in [2.05, 4.69) is 20.0 Å². The van der Waals surface area contributed by atoms with Crippen molar-refractivity contribution in [2.24, 2.45) is 0 Å². The van der Waals surface area contributed by atoms with Crippen molar-refractivity contribution in [3.63, 3.8) is 0 Å². The van der Waals surface area contributed by atoms with Crippen molar-refractivity contribution in [3.8, 4) is 5.88 Å². The van der Waals surface area contributed by atoms with Crippen LogP contribution in [-0.4, -0.2) is 33.7 Å². The standard InChI is InChI=1S/C13H13N3O3S/c17-13(15-11-2-5-18-16-11)9-1-4-14-12(7-9)19-10-3-6-20-8-10/h1-2,4-5,7,10H,3,6,8H2,(H,15,16,17)/t10-/m1/s1. The van der Waals surface area contributed by atoms with Gasteiger partial charge in [0.05, 0.1) is 0 Å². The lowest BCUT2D eigenvalue weighted by Crippen LogP contribution is -2.17. The summed E-state index contributed by atoms with van der Waals surface area (Å²) >= 11 is 1.86. The van der Waals surface area contributed by atoms with Crippen LogP contribution in [0.25, 0.3) is 0 Å². The Kier molecular flexibility index (Phi) is 3.87. The zero-order valence-corrected chi connectivity index (χ0v) is 11.4. The second-order valence-corrected chi connectivity index (χ2v) is 5.47. The molecule has 2 aromatic rings. The number of rotatable bonds is 4. The first kappa shape index (κ1) is 13.0. The van der Waals surface area contributed by atoms with E-state index in [1.165, 1.54) is 6.26 Å². The summed E-state index contributed by atoms with van der Waals surface area (Å²) in [7, 11) is 0. The first-order chi connectivity index (χ1) is 9.81. The van der Waals surface area contributed by atoms with E-state index in [1.807, 2.05) is 11.8 Å². The first-order valence-corrected chi connectivity index (χ1v) is 7.39. The Balaban J connectivity index is 1.68. The Morgan fingerprint density at radius 2 is 2.45 bits per heavy atom. The number of hydrogen-bond acceptors (Lipinski definition) is 6. The molecule has 104 valence electrons. The number of carbonyl (C=O) groups is 1. The predicted octanol–water partition coefficient (Wildman–Crippen LogP) is 2.21. The molecule has 3 rings (SSSR count). The lowest BCUT2D eigenvalue weighted by molar-refractivity contribution is 0.102. The molecular formula is C13H13N3O3S. The van der Waals surface area contributed by atoms with E-state index in [0.717, 1.165) is 17.9 Å². The van der Waals surface area contributed by atoms with Crippen LogP contribution in [0.1, 0.15) is 16.8 Å². The maximum absolute atomic E-state index is 12.0. The van der Waals surface area contributed by atoms with E-state index in [1.54, 1.807) is 24.4 Å². The number of ether oxygens (including phenoxy) is 1.